The van der Waals surface area contributed by atoms with Crippen molar-refractivity contribution in [2.45, 2.75) is 37.7 Å². The first-order chi connectivity index (χ1) is 10.3. The SMILES string of the molecule is COCOc1ccc2ccccc2c1[C@@H]1CCCC[C@@H]1O. The van der Waals surface area contributed by atoms with Crippen LogP contribution < -0.4 is 4.74 Å². The normalized spacial score (nSPS) is 22.4. The fourth-order valence-corrected chi connectivity index (χ4v) is 3.35. The van der Waals surface area contributed by atoms with Crippen molar-refractivity contribution in [1.82, 2.24) is 0 Å². The van der Waals surface area contributed by atoms with Gasteiger partial charge in [-0.15, -0.1) is 0 Å². The molecule has 21 heavy (non-hydrogen) atoms. The van der Waals surface area contributed by atoms with Gasteiger partial charge in [0, 0.05) is 18.6 Å². The molecule has 1 saturated carbocycles. The molecule has 0 aromatic heterocycles. The third-order valence-corrected chi connectivity index (χ3v) is 4.36. The second-order valence-corrected chi connectivity index (χ2v) is 5.71. The molecule has 0 bridgehead atoms. The molecule has 0 aliphatic heterocycles. The molecule has 2 atom stereocenters. The van der Waals surface area contributed by atoms with E-state index in [1.165, 1.54) is 10.8 Å². The van der Waals surface area contributed by atoms with Gasteiger partial charge in [-0.1, -0.05) is 43.2 Å². The number of hydrogen-bond acceptors (Lipinski definition) is 3. The summed E-state index contributed by atoms with van der Waals surface area (Å²) in [5, 5.41) is 12.8. The summed E-state index contributed by atoms with van der Waals surface area (Å²) in [6.45, 7) is 0.230. The van der Waals surface area contributed by atoms with Crippen LogP contribution in [0.3, 0.4) is 0 Å². The van der Waals surface area contributed by atoms with E-state index in [0.29, 0.717) is 0 Å². The predicted molar refractivity (Wildman–Crippen MR) is 83.7 cm³/mol. The fraction of sp³-hybridized carbons (Fsp3) is 0.444. The van der Waals surface area contributed by atoms with Crippen LogP contribution in [0, 0.1) is 0 Å². The number of aliphatic hydroxyl groups is 1. The molecule has 0 spiro atoms. The monoisotopic (exact) mass is 286 g/mol. The number of rotatable bonds is 4. The molecule has 0 unspecified atom stereocenters. The molecule has 2 aromatic carbocycles. The van der Waals surface area contributed by atoms with E-state index in [2.05, 4.69) is 18.2 Å². The lowest BCUT2D eigenvalue weighted by atomic mass is 9.79. The maximum Gasteiger partial charge on any atom is 0.188 e. The summed E-state index contributed by atoms with van der Waals surface area (Å²) in [5.41, 5.74) is 1.14. The first-order valence-electron chi connectivity index (χ1n) is 7.62. The predicted octanol–water partition coefficient (Wildman–Crippen LogP) is 3.84. The van der Waals surface area contributed by atoms with E-state index in [1.807, 2.05) is 18.2 Å². The van der Waals surface area contributed by atoms with E-state index in [0.717, 1.165) is 37.0 Å². The van der Waals surface area contributed by atoms with Crippen LogP contribution in [0.25, 0.3) is 10.8 Å². The first kappa shape index (κ1) is 14.4. The number of methoxy groups -OCH3 is 1. The van der Waals surface area contributed by atoms with Gasteiger partial charge in [0.15, 0.2) is 6.79 Å². The van der Waals surface area contributed by atoms with Gasteiger partial charge in [-0.05, 0) is 29.7 Å². The van der Waals surface area contributed by atoms with Crippen LogP contribution >= 0.6 is 0 Å². The molecule has 0 heterocycles. The number of benzene rings is 2. The minimum absolute atomic E-state index is 0.150. The highest BCUT2D eigenvalue weighted by molar-refractivity contribution is 5.88. The van der Waals surface area contributed by atoms with Crippen LogP contribution in [0.4, 0.5) is 0 Å². The molecule has 3 heteroatoms. The van der Waals surface area contributed by atoms with Crippen LogP contribution in [-0.4, -0.2) is 25.1 Å². The molecule has 1 aliphatic carbocycles. The Labute approximate surface area is 125 Å². The molecule has 2 aromatic rings. The zero-order chi connectivity index (χ0) is 14.7. The molecule has 0 amide bonds. The summed E-state index contributed by atoms with van der Waals surface area (Å²) in [5.74, 6) is 0.984. The van der Waals surface area contributed by atoms with Gasteiger partial charge in [0.2, 0.25) is 0 Å². The molecular formula is C18H22O3. The lowest BCUT2D eigenvalue weighted by molar-refractivity contribution is 0.0480. The third-order valence-electron chi connectivity index (χ3n) is 4.36. The molecular weight excluding hydrogens is 264 g/mol. The number of ether oxygens (including phenoxy) is 2. The highest BCUT2D eigenvalue weighted by atomic mass is 16.7. The first-order valence-corrected chi connectivity index (χ1v) is 7.62. The maximum absolute atomic E-state index is 10.4. The Morgan fingerprint density at radius 1 is 1.10 bits per heavy atom. The second kappa shape index (κ2) is 6.46. The molecule has 1 aliphatic rings. The zero-order valence-corrected chi connectivity index (χ0v) is 12.4. The van der Waals surface area contributed by atoms with Gasteiger partial charge in [0.1, 0.15) is 5.75 Å². The molecule has 3 nitrogen and oxygen atoms in total. The molecule has 0 radical (unpaired) electrons. The van der Waals surface area contributed by atoms with Crippen molar-refractivity contribution >= 4 is 10.8 Å². The van der Waals surface area contributed by atoms with Gasteiger partial charge in [-0.3, -0.25) is 0 Å². The van der Waals surface area contributed by atoms with Gasteiger partial charge in [0.25, 0.3) is 0 Å². The maximum atomic E-state index is 10.4. The van der Waals surface area contributed by atoms with E-state index in [1.54, 1.807) is 7.11 Å². The molecule has 3 rings (SSSR count). The molecule has 0 saturated heterocycles. The van der Waals surface area contributed by atoms with Crippen LogP contribution in [0.1, 0.15) is 37.2 Å². The lowest BCUT2D eigenvalue weighted by Gasteiger charge is -2.30. The van der Waals surface area contributed by atoms with E-state index in [9.17, 15) is 5.11 Å². The van der Waals surface area contributed by atoms with Crippen molar-refractivity contribution in [2.24, 2.45) is 0 Å². The van der Waals surface area contributed by atoms with Crippen molar-refractivity contribution < 1.29 is 14.6 Å². The smallest absolute Gasteiger partial charge is 0.188 e. The van der Waals surface area contributed by atoms with Gasteiger partial charge in [-0.2, -0.15) is 0 Å². The van der Waals surface area contributed by atoms with E-state index in [-0.39, 0.29) is 18.8 Å². The summed E-state index contributed by atoms with van der Waals surface area (Å²) in [6.07, 6.45) is 3.87. The number of hydrogen-bond donors (Lipinski definition) is 1. The summed E-state index contributed by atoms with van der Waals surface area (Å²) >= 11 is 0. The molecule has 1 N–H and O–H groups in total. The van der Waals surface area contributed by atoms with Crippen molar-refractivity contribution in [3.63, 3.8) is 0 Å². The van der Waals surface area contributed by atoms with Gasteiger partial charge in [-0.25, -0.2) is 0 Å². The Kier molecular flexibility index (Phi) is 4.42. The fourth-order valence-electron chi connectivity index (χ4n) is 3.35. The van der Waals surface area contributed by atoms with Crippen LogP contribution in [0.15, 0.2) is 36.4 Å². The minimum Gasteiger partial charge on any atom is -0.467 e. The third kappa shape index (κ3) is 2.89. The number of aliphatic hydroxyl groups excluding tert-OH is 1. The Hall–Kier alpha value is -1.58. The summed E-state index contributed by atoms with van der Waals surface area (Å²) < 4.78 is 10.8. The standard InChI is InChI=1S/C18H22O3/c1-20-12-21-17-11-10-13-6-2-3-7-14(13)18(17)15-8-4-5-9-16(15)19/h2-3,6-7,10-11,15-16,19H,4-5,8-9,12H2,1H3/t15-,16+/m1/s1. The van der Waals surface area contributed by atoms with Crippen LogP contribution in [0.5, 0.6) is 5.75 Å². The minimum atomic E-state index is -0.283. The van der Waals surface area contributed by atoms with Gasteiger partial charge >= 0.3 is 0 Å². The van der Waals surface area contributed by atoms with Crippen molar-refractivity contribution in [3.05, 3.63) is 42.0 Å². The van der Waals surface area contributed by atoms with E-state index < -0.39 is 0 Å². The highest BCUT2D eigenvalue weighted by Gasteiger charge is 2.28. The second-order valence-electron chi connectivity index (χ2n) is 5.71. The van der Waals surface area contributed by atoms with Crippen molar-refractivity contribution in [2.75, 3.05) is 13.9 Å². The molecule has 1 fully saturated rings. The summed E-state index contributed by atoms with van der Waals surface area (Å²) in [6, 6.07) is 12.4. The largest absolute Gasteiger partial charge is 0.467 e. The Morgan fingerprint density at radius 2 is 1.90 bits per heavy atom. The van der Waals surface area contributed by atoms with Crippen LogP contribution in [-0.2, 0) is 4.74 Å². The lowest BCUT2D eigenvalue weighted by Crippen LogP contribution is -2.23. The quantitative estimate of drug-likeness (QED) is 0.868. The average Bonchev–Trinajstić information content (AvgIpc) is 2.53. The summed E-state index contributed by atoms with van der Waals surface area (Å²) in [7, 11) is 1.62. The average molecular weight is 286 g/mol. The van der Waals surface area contributed by atoms with Crippen molar-refractivity contribution in [1.29, 1.82) is 0 Å². The summed E-state index contributed by atoms with van der Waals surface area (Å²) in [4.78, 5) is 0. The topological polar surface area (TPSA) is 38.7 Å². The Bertz CT molecular complexity index is 608. The zero-order valence-electron chi connectivity index (χ0n) is 12.4. The van der Waals surface area contributed by atoms with E-state index in [4.69, 9.17) is 9.47 Å². The van der Waals surface area contributed by atoms with Crippen LogP contribution in [0.2, 0.25) is 0 Å². The Morgan fingerprint density at radius 3 is 2.71 bits per heavy atom. The van der Waals surface area contributed by atoms with Gasteiger partial charge in [0.05, 0.1) is 6.10 Å². The molecule has 112 valence electrons. The number of fused-ring (bicyclic) bond motifs is 1. The van der Waals surface area contributed by atoms with Gasteiger partial charge < -0.3 is 14.6 Å². The Balaban J connectivity index is 2.10. The van der Waals surface area contributed by atoms with E-state index >= 15 is 0 Å². The van der Waals surface area contributed by atoms with Crippen molar-refractivity contribution in [3.8, 4) is 5.75 Å². The highest BCUT2D eigenvalue weighted by Crippen LogP contribution is 2.41.